The molecule has 0 saturated heterocycles. The van der Waals surface area contributed by atoms with E-state index >= 15 is 0 Å². The Morgan fingerprint density at radius 1 is 1.17 bits per heavy atom. The molecule has 122 valence electrons. The third-order valence-corrected chi connectivity index (χ3v) is 5.34. The maximum Gasteiger partial charge on any atom is 0.264 e. The van der Waals surface area contributed by atoms with Crippen molar-refractivity contribution in [2.24, 2.45) is 0 Å². The molecule has 0 bridgehead atoms. The number of carbonyl (C=O) groups is 2. The predicted octanol–water partition coefficient (Wildman–Crippen LogP) is 4.60. The van der Waals surface area contributed by atoms with E-state index in [1.165, 1.54) is 16.2 Å². The zero-order chi connectivity index (χ0) is 17.1. The lowest BCUT2D eigenvalue weighted by Crippen LogP contribution is -2.34. The molecule has 23 heavy (non-hydrogen) atoms. The van der Waals surface area contributed by atoms with Gasteiger partial charge in [0.05, 0.1) is 15.2 Å². The van der Waals surface area contributed by atoms with E-state index in [2.05, 4.69) is 37.2 Å². The molecule has 4 nitrogen and oxygen atoms in total. The Kier molecular flexibility index (Phi) is 6.00. The summed E-state index contributed by atoms with van der Waals surface area (Å²) in [4.78, 5) is 26.5. The molecule has 0 aliphatic rings. The van der Waals surface area contributed by atoms with Crippen LogP contribution in [-0.2, 0) is 4.79 Å². The van der Waals surface area contributed by atoms with Gasteiger partial charge in [0.25, 0.3) is 5.91 Å². The van der Waals surface area contributed by atoms with Crippen LogP contribution in [0.25, 0.3) is 0 Å². The summed E-state index contributed by atoms with van der Waals surface area (Å²) in [5.74, 6) is -0.384. The smallest absolute Gasteiger partial charge is 0.264 e. The summed E-state index contributed by atoms with van der Waals surface area (Å²) >= 11 is 8.11. The number of halogens is 2. The molecule has 1 heterocycles. The molecule has 0 aliphatic heterocycles. The first-order chi connectivity index (χ1) is 10.8. The second-order valence-electron chi connectivity index (χ2n) is 5.23. The third kappa shape index (κ3) is 4.65. The van der Waals surface area contributed by atoms with Crippen LogP contribution in [0, 0.1) is 13.8 Å². The number of likely N-dealkylation sites (N-methyl/N-ethyl adjacent to an activating group) is 1. The number of hydrogen-bond donors (Lipinski definition) is 1. The van der Waals surface area contributed by atoms with Crippen LogP contribution in [0.15, 0.2) is 32.5 Å². The van der Waals surface area contributed by atoms with Gasteiger partial charge in [0.15, 0.2) is 0 Å². The molecule has 2 rings (SSSR count). The monoisotopic (exact) mass is 458 g/mol. The van der Waals surface area contributed by atoms with E-state index in [9.17, 15) is 9.59 Å². The predicted molar refractivity (Wildman–Crippen MR) is 101 cm³/mol. The lowest BCUT2D eigenvalue weighted by atomic mass is 10.1. The molecule has 0 atom stereocenters. The van der Waals surface area contributed by atoms with E-state index in [4.69, 9.17) is 0 Å². The Morgan fingerprint density at radius 3 is 2.30 bits per heavy atom. The van der Waals surface area contributed by atoms with Crippen LogP contribution in [0.5, 0.6) is 0 Å². The average molecular weight is 460 g/mol. The number of hydrogen-bond acceptors (Lipinski definition) is 3. The average Bonchev–Trinajstić information content (AvgIpc) is 2.88. The second-order valence-corrected chi connectivity index (χ2v) is 8.61. The van der Waals surface area contributed by atoms with Crippen molar-refractivity contribution in [1.82, 2.24) is 4.90 Å². The largest absolute Gasteiger partial charge is 0.332 e. The van der Waals surface area contributed by atoms with Crippen LogP contribution >= 0.6 is 43.2 Å². The second kappa shape index (κ2) is 7.59. The van der Waals surface area contributed by atoms with E-state index in [1.807, 2.05) is 32.0 Å². The van der Waals surface area contributed by atoms with Crippen molar-refractivity contribution >= 4 is 60.7 Å². The Labute approximate surface area is 156 Å². The quantitative estimate of drug-likeness (QED) is 0.726. The molecular formula is C16H16Br2N2O2S. The Hall–Kier alpha value is -1.18. The van der Waals surface area contributed by atoms with Crippen LogP contribution in [-0.4, -0.2) is 30.3 Å². The summed E-state index contributed by atoms with van der Waals surface area (Å²) in [6.07, 6.45) is 0. The first-order valence-electron chi connectivity index (χ1n) is 6.85. The fraction of sp³-hybridized carbons (Fsp3) is 0.250. The van der Waals surface area contributed by atoms with E-state index < -0.39 is 0 Å². The standard InChI is InChI=1S/C16H16Br2N2O2S/c1-9-6-11(17)7-10(2)15(9)19-14(21)8-20(3)16(22)12-4-5-13(18)23-12/h4-7H,8H2,1-3H3,(H,19,21). The number of nitrogens with zero attached hydrogens (tertiary/aromatic N) is 1. The summed E-state index contributed by atoms with van der Waals surface area (Å²) in [5, 5.41) is 2.89. The van der Waals surface area contributed by atoms with Gasteiger partial charge in [-0.25, -0.2) is 0 Å². The molecule has 0 spiro atoms. The first kappa shape index (κ1) is 18.2. The van der Waals surface area contributed by atoms with Gasteiger partial charge in [-0.1, -0.05) is 15.9 Å². The highest BCUT2D eigenvalue weighted by molar-refractivity contribution is 9.11. The van der Waals surface area contributed by atoms with Crippen LogP contribution in [0.3, 0.4) is 0 Å². The van der Waals surface area contributed by atoms with Crippen molar-refractivity contribution in [3.63, 3.8) is 0 Å². The highest BCUT2D eigenvalue weighted by Gasteiger charge is 2.17. The summed E-state index contributed by atoms with van der Waals surface area (Å²) in [6.45, 7) is 3.88. The molecule has 0 aliphatic carbocycles. The lowest BCUT2D eigenvalue weighted by molar-refractivity contribution is -0.116. The van der Waals surface area contributed by atoms with Gasteiger partial charge in [-0.3, -0.25) is 9.59 Å². The van der Waals surface area contributed by atoms with Gasteiger partial charge in [-0.2, -0.15) is 0 Å². The molecule has 0 radical (unpaired) electrons. The molecule has 1 aromatic carbocycles. The minimum Gasteiger partial charge on any atom is -0.332 e. The maximum atomic E-state index is 12.3. The van der Waals surface area contributed by atoms with Crippen molar-refractivity contribution in [3.05, 3.63) is 48.5 Å². The van der Waals surface area contributed by atoms with Gasteiger partial charge in [0, 0.05) is 17.2 Å². The summed E-state index contributed by atoms with van der Waals surface area (Å²) in [5.41, 5.74) is 2.74. The number of rotatable bonds is 4. The number of benzene rings is 1. The molecule has 0 saturated carbocycles. The Balaban J connectivity index is 2.03. The van der Waals surface area contributed by atoms with Crippen molar-refractivity contribution in [3.8, 4) is 0 Å². The number of amides is 2. The molecule has 0 fully saturated rings. The van der Waals surface area contributed by atoms with Crippen LogP contribution in [0.2, 0.25) is 0 Å². The molecule has 7 heteroatoms. The zero-order valence-corrected chi connectivity index (χ0v) is 16.9. The van der Waals surface area contributed by atoms with E-state index in [1.54, 1.807) is 13.1 Å². The number of thiophene rings is 1. The van der Waals surface area contributed by atoms with Gasteiger partial charge in [0.2, 0.25) is 5.91 Å². The van der Waals surface area contributed by atoms with Gasteiger partial charge >= 0.3 is 0 Å². The van der Waals surface area contributed by atoms with Gasteiger partial charge in [-0.15, -0.1) is 11.3 Å². The molecule has 2 amide bonds. The van der Waals surface area contributed by atoms with Crippen molar-refractivity contribution in [2.45, 2.75) is 13.8 Å². The fourth-order valence-electron chi connectivity index (χ4n) is 2.19. The number of aryl methyl sites for hydroxylation is 2. The van der Waals surface area contributed by atoms with E-state index in [0.29, 0.717) is 4.88 Å². The number of anilines is 1. The molecule has 1 N–H and O–H groups in total. The van der Waals surface area contributed by atoms with Gasteiger partial charge in [-0.05, 0) is 65.2 Å². The summed E-state index contributed by atoms with van der Waals surface area (Å²) in [7, 11) is 1.62. The zero-order valence-electron chi connectivity index (χ0n) is 12.9. The minimum atomic E-state index is -0.218. The summed E-state index contributed by atoms with van der Waals surface area (Å²) < 4.78 is 1.86. The number of carbonyl (C=O) groups excluding carboxylic acids is 2. The first-order valence-corrected chi connectivity index (χ1v) is 9.25. The van der Waals surface area contributed by atoms with Crippen LogP contribution in [0.4, 0.5) is 5.69 Å². The van der Waals surface area contributed by atoms with Crippen LogP contribution in [0.1, 0.15) is 20.8 Å². The van der Waals surface area contributed by atoms with Crippen molar-refractivity contribution in [1.29, 1.82) is 0 Å². The van der Waals surface area contributed by atoms with Crippen LogP contribution < -0.4 is 5.32 Å². The van der Waals surface area contributed by atoms with Gasteiger partial charge < -0.3 is 10.2 Å². The molecule has 1 aromatic heterocycles. The topological polar surface area (TPSA) is 49.4 Å². The molecule has 2 aromatic rings. The fourth-order valence-corrected chi connectivity index (χ4v) is 4.26. The molecule has 0 unspecified atom stereocenters. The number of nitrogens with one attached hydrogen (secondary N) is 1. The minimum absolute atomic E-state index is 0.00327. The van der Waals surface area contributed by atoms with Crippen molar-refractivity contribution in [2.75, 3.05) is 18.9 Å². The van der Waals surface area contributed by atoms with Gasteiger partial charge in [0.1, 0.15) is 0 Å². The SMILES string of the molecule is Cc1cc(Br)cc(C)c1NC(=O)CN(C)C(=O)c1ccc(Br)s1. The highest BCUT2D eigenvalue weighted by atomic mass is 79.9. The lowest BCUT2D eigenvalue weighted by Gasteiger charge is -2.17. The Bertz CT molecular complexity index is 735. The normalized spacial score (nSPS) is 10.5. The highest BCUT2D eigenvalue weighted by Crippen LogP contribution is 2.25. The third-order valence-electron chi connectivity index (χ3n) is 3.27. The Morgan fingerprint density at radius 2 is 1.78 bits per heavy atom. The van der Waals surface area contributed by atoms with E-state index in [-0.39, 0.29) is 18.4 Å². The summed E-state index contributed by atoms with van der Waals surface area (Å²) in [6, 6.07) is 7.45. The maximum absolute atomic E-state index is 12.3. The van der Waals surface area contributed by atoms with E-state index in [0.717, 1.165) is 25.1 Å². The van der Waals surface area contributed by atoms with Crippen molar-refractivity contribution < 1.29 is 9.59 Å². The molecular weight excluding hydrogens is 444 g/mol.